The molecule has 10 nitrogen and oxygen atoms in total. The Hall–Kier alpha value is -3.88. The van der Waals surface area contributed by atoms with Crippen LogP contribution in [0.1, 0.15) is 114 Å². The first-order valence-electron chi connectivity index (χ1n) is 17.5. The number of aliphatic hydroxyl groups is 1. The van der Waals surface area contributed by atoms with E-state index in [9.17, 15) is 19.1 Å². The van der Waals surface area contributed by atoms with Gasteiger partial charge in [0, 0.05) is 36.0 Å². The number of ether oxygens (including phenoxy) is 3. The number of benzene rings is 1. The quantitative estimate of drug-likeness (QED) is 0.0703. The van der Waals surface area contributed by atoms with Gasteiger partial charge in [0.05, 0.1) is 18.2 Å². The number of aryl methyl sites for hydroxylation is 3. The summed E-state index contributed by atoms with van der Waals surface area (Å²) >= 11 is 0. The van der Waals surface area contributed by atoms with E-state index in [0.29, 0.717) is 36.4 Å². The van der Waals surface area contributed by atoms with E-state index in [0.717, 1.165) is 36.0 Å². The topological polar surface area (TPSA) is 146 Å². The number of nitrogens with zero attached hydrogens (tertiary/aromatic N) is 3. The summed E-state index contributed by atoms with van der Waals surface area (Å²) in [6, 6.07) is 3.83. The van der Waals surface area contributed by atoms with Crippen LogP contribution >= 0.6 is 0 Å². The van der Waals surface area contributed by atoms with Gasteiger partial charge in [0.15, 0.2) is 11.4 Å². The van der Waals surface area contributed by atoms with E-state index >= 15 is 0 Å². The second kappa shape index (κ2) is 16.7. The van der Waals surface area contributed by atoms with Crippen LogP contribution < -0.4 is 10.5 Å². The summed E-state index contributed by atoms with van der Waals surface area (Å²) in [5.74, 6) is 1.82. The van der Waals surface area contributed by atoms with Crippen molar-refractivity contribution in [1.82, 2.24) is 9.97 Å². The summed E-state index contributed by atoms with van der Waals surface area (Å²) in [5.41, 5.74) is 6.85. The van der Waals surface area contributed by atoms with Gasteiger partial charge in [0.1, 0.15) is 24.1 Å². The van der Waals surface area contributed by atoms with Gasteiger partial charge in [-0.15, -0.1) is 6.42 Å². The highest BCUT2D eigenvalue weighted by atomic mass is 19.1. The minimum atomic E-state index is -1.56. The summed E-state index contributed by atoms with van der Waals surface area (Å²) in [4.78, 5) is 38.0. The Morgan fingerprint density at radius 3 is 2.57 bits per heavy atom. The van der Waals surface area contributed by atoms with Gasteiger partial charge in [-0.2, -0.15) is 9.37 Å². The predicted octanol–water partition coefficient (Wildman–Crippen LogP) is 6.56. The average molecular weight is 679 g/mol. The highest BCUT2D eigenvalue weighted by Gasteiger charge is 2.50. The molecule has 0 spiro atoms. The first-order valence-corrected chi connectivity index (χ1v) is 17.5. The maximum Gasteiger partial charge on any atom is 0.311 e. The summed E-state index contributed by atoms with van der Waals surface area (Å²) in [6.45, 7) is 9.52. The molecule has 1 aromatic heterocycles. The van der Waals surface area contributed by atoms with E-state index in [1.807, 2.05) is 39.8 Å². The Balaban J connectivity index is 1.37. The van der Waals surface area contributed by atoms with Crippen molar-refractivity contribution in [2.45, 2.75) is 135 Å². The van der Waals surface area contributed by atoms with Crippen LogP contribution in [0.3, 0.4) is 0 Å². The third-order valence-electron chi connectivity index (χ3n) is 9.51. The van der Waals surface area contributed by atoms with Gasteiger partial charge in [0.2, 0.25) is 0 Å². The number of anilines is 1. The van der Waals surface area contributed by atoms with Gasteiger partial charge >= 0.3 is 18.0 Å². The smallest absolute Gasteiger partial charge is 0.311 e. The molecule has 2 aliphatic rings. The van der Waals surface area contributed by atoms with Crippen LogP contribution in [-0.2, 0) is 30.9 Å². The second-order valence-electron chi connectivity index (χ2n) is 14.1. The SMILES string of the molecule is C#C[C@]1(COC(=O)CC(C)(C)c2c(C)cc(C)cc2OC(=O)CCCCCCCCC)O[C@@H](C2C=Nc3c(N)nc(F)nc3CC2)C[C@@H]1O. The van der Waals surface area contributed by atoms with Crippen LogP contribution in [-0.4, -0.2) is 57.6 Å². The number of fused-ring (bicyclic) bond motifs is 1. The van der Waals surface area contributed by atoms with Crippen LogP contribution in [0, 0.1) is 38.2 Å². The normalized spacial score (nSPS) is 21.9. The molecule has 0 aliphatic carbocycles. The number of esters is 2. The summed E-state index contributed by atoms with van der Waals surface area (Å²) < 4.78 is 31.6. The van der Waals surface area contributed by atoms with Crippen molar-refractivity contribution in [3.05, 3.63) is 40.6 Å². The highest BCUT2D eigenvalue weighted by Crippen LogP contribution is 2.40. The second-order valence-corrected chi connectivity index (χ2v) is 14.1. The molecule has 0 radical (unpaired) electrons. The van der Waals surface area contributed by atoms with Crippen LogP contribution in [0.25, 0.3) is 0 Å². The van der Waals surface area contributed by atoms with Gasteiger partial charge in [-0.25, -0.2) is 4.98 Å². The summed E-state index contributed by atoms with van der Waals surface area (Å²) in [5, 5.41) is 11.1. The maximum absolute atomic E-state index is 13.7. The van der Waals surface area contributed by atoms with Crippen molar-refractivity contribution in [2.24, 2.45) is 10.9 Å². The number of nitrogens with two attached hydrogens (primary N) is 1. The van der Waals surface area contributed by atoms with Crippen LogP contribution in [0.4, 0.5) is 15.9 Å². The number of carbonyl (C=O) groups is 2. The van der Waals surface area contributed by atoms with Crippen LogP contribution in [0.15, 0.2) is 17.1 Å². The first-order chi connectivity index (χ1) is 23.3. The highest BCUT2D eigenvalue weighted by molar-refractivity contribution is 5.75. The molecule has 0 amide bonds. The third kappa shape index (κ3) is 9.64. The molecule has 1 unspecified atom stereocenters. The number of hydrogen-bond acceptors (Lipinski definition) is 10. The van der Waals surface area contributed by atoms with E-state index < -0.39 is 35.3 Å². The lowest BCUT2D eigenvalue weighted by molar-refractivity contribution is -0.156. The Kier molecular flexibility index (Phi) is 12.9. The average Bonchev–Trinajstić information content (AvgIpc) is 3.19. The van der Waals surface area contributed by atoms with E-state index in [-0.39, 0.29) is 37.2 Å². The number of terminal acetylenes is 1. The molecule has 266 valence electrons. The van der Waals surface area contributed by atoms with Crippen molar-refractivity contribution >= 4 is 29.7 Å². The van der Waals surface area contributed by atoms with Crippen LogP contribution in [0.2, 0.25) is 0 Å². The molecule has 4 atom stereocenters. The fourth-order valence-electron chi connectivity index (χ4n) is 6.97. The molecule has 1 aromatic carbocycles. The number of rotatable bonds is 15. The van der Waals surface area contributed by atoms with Crippen LogP contribution in [0.5, 0.6) is 5.75 Å². The molecule has 1 fully saturated rings. The number of carbonyl (C=O) groups excluding carboxylic acids is 2. The third-order valence-corrected chi connectivity index (χ3v) is 9.51. The zero-order chi connectivity index (χ0) is 35.8. The molecule has 0 saturated carbocycles. The van der Waals surface area contributed by atoms with Gasteiger partial charge < -0.3 is 25.1 Å². The van der Waals surface area contributed by atoms with E-state index in [1.54, 1.807) is 6.21 Å². The number of aromatic nitrogens is 2. The molecule has 3 heterocycles. The van der Waals surface area contributed by atoms with Crippen molar-refractivity contribution < 1.29 is 33.3 Å². The van der Waals surface area contributed by atoms with Gasteiger partial charge in [-0.05, 0) is 50.3 Å². The molecule has 1 saturated heterocycles. The molecule has 49 heavy (non-hydrogen) atoms. The number of aliphatic imine (C=N–C) groups is 1. The molecular formula is C38H51FN4O6. The molecule has 11 heteroatoms. The van der Waals surface area contributed by atoms with Gasteiger partial charge in [0.25, 0.3) is 0 Å². The Morgan fingerprint density at radius 1 is 1.14 bits per heavy atom. The maximum atomic E-state index is 13.7. The monoisotopic (exact) mass is 678 g/mol. The van der Waals surface area contributed by atoms with Gasteiger partial charge in [-0.3, -0.25) is 14.6 Å². The molecule has 2 aromatic rings. The van der Waals surface area contributed by atoms with E-state index in [2.05, 4.69) is 27.8 Å². The van der Waals surface area contributed by atoms with E-state index in [1.165, 1.54) is 25.7 Å². The largest absolute Gasteiger partial charge is 0.461 e. The molecule has 3 N–H and O–H groups in total. The minimum absolute atomic E-state index is 0.0358. The van der Waals surface area contributed by atoms with Crippen molar-refractivity contribution in [1.29, 1.82) is 0 Å². The molecule has 0 bridgehead atoms. The number of halogens is 1. The van der Waals surface area contributed by atoms with Crippen molar-refractivity contribution in [3.8, 4) is 18.1 Å². The number of aliphatic hydroxyl groups excluding tert-OH is 1. The zero-order valence-electron chi connectivity index (χ0n) is 29.5. The fourth-order valence-corrected chi connectivity index (χ4v) is 6.97. The standard InChI is InChI=1S/C38H51FN4O6/c1-7-9-10-11-12-13-14-15-31(45)48-29-19-24(3)18-25(4)33(29)37(5,6)21-32(46)47-23-38(8-2)30(44)20-28(49-38)26-16-17-27-34(41-22-26)35(40)43-36(39)42-27/h2,18-19,22,26,28,30,44H,7,9-17,20-21,23H2,1,3-6H3,(H2,40,42,43)/t26?,28-,30+,38-/m1/s1. The Bertz CT molecular complexity index is 1570. The predicted molar refractivity (Wildman–Crippen MR) is 186 cm³/mol. The lowest BCUT2D eigenvalue weighted by atomic mass is 9.78. The number of hydrogen-bond donors (Lipinski definition) is 2. The summed E-state index contributed by atoms with van der Waals surface area (Å²) in [7, 11) is 0. The Labute approximate surface area is 289 Å². The molecule has 2 aliphatic heterocycles. The van der Waals surface area contributed by atoms with E-state index in [4.69, 9.17) is 26.4 Å². The fraction of sp³-hybridized carbons (Fsp3) is 0.605. The lowest BCUT2D eigenvalue weighted by Gasteiger charge is -2.30. The first kappa shape index (κ1) is 37.9. The molecular weight excluding hydrogens is 627 g/mol. The number of unbranched alkanes of at least 4 members (excludes halogenated alkanes) is 6. The molecule has 4 rings (SSSR count). The Morgan fingerprint density at radius 2 is 1.86 bits per heavy atom. The summed E-state index contributed by atoms with van der Waals surface area (Å²) in [6.07, 6.45) is 14.1. The number of nitrogen functional groups attached to an aromatic ring is 1. The lowest BCUT2D eigenvalue weighted by Crippen LogP contribution is -2.44. The van der Waals surface area contributed by atoms with Gasteiger partial charge in [-0.1, -0.05) is 71.3 Å². The van der Waals surface area contributed by atoms with Crippen molar-refractivity contribution in [2.75, 3.05) is 12.3 Å². The van der Waals surface area contributed by atoms with Crippen molar-refractivity contribution in [3.63, 3.8) is 0 Å². The minimum Gasteiger partial charge on any atom is -0.461 e. The zero-order valence-corrected chi connectivity index (χ0v) is 29.5.